The molecule has 222 valence electrons. The molecular formula is C43H23N3OS. The highest BCUT2D eigenvalue weighted by molar-refractivity contribution is 7.25. The second-order valence-corrected chi connectivity index (χ2v) is 13.5. The van der Waals surface area contributed by atoms with Crippen molar-refractivity contribution in [3.05, 3.63) is 145 Å². The number of para-hydroxylation sites is 3. The summed E-state index contributed by atoms with van der Waals surface area (Å²) in [4.78, 5) is 0. The topological polar surface area (TPSA) is 46.8 Å². The minimum Gasteiger partial charge on any atom is -0.455 e. The van der Waals surface area contributed by atoms with Crippen molar-refractivity contribution in [2.24, 2.45) is 0 Å². The van der Waals surface area contributed by atoms with E-state index in [1.165, 1.54) is 25.6 Å². The molecule has 0 spiro atoms. The van der Waals surface area contributed by atoms with Crippen LogP contribution >= 0.6 is 11.3 Å². The van der Waals surface area contributed by atoms with Crippen LogP contribution in [0.15, 0.2) is 144 Å². The summed E-state index contributed by atoms with van der Waals surface area (Å²) in [5, 5.41) is 18.9. The third kappa shape index (κ3) is 3.37. The monoisotopic (exact) mass is 629 g/mol. The van der Waals surface area contributed by atoms with E-state index in [1.807, 2.05) is 35.6 Å². The van der Waals surface area contributed by atoms with Gasteiger partial charge in [0.25, 0.3) is 0 Å². The highest BCUT2D eigenvalue weighted by Crippen LogP contribution is 2.43. The quantitative estimate of drug-likeness (QED) is 0.191. The van der Waals surface area contributed by atoms with E-state index in [4.69, 9.17) is 4.42 Å². The Labute approximate surface area is 277 Å². The van der Waals surface area contributed by atoms with Crippen molar-refractivity contribution in [2.75, 3.05) is 0 Å². The summed E-state index contributed by atoms with van der Waals surface area (Å²) in [6.07, 6.45) is 0. The molecule has 5 heteroatoms. The lowest BCUT2D eigenvalue weighted by molar-refractivity contribution is 0.673. The number of nitriles is 1. The second kappa shape index (κ2) is 9.36. The maximum Gasteiger partial charge on any atom is 0.145 e. The average molecular weight is 630 g/mol. The molecule has 4 aromatic heterocycles. The van der Waals surface area contributed by atoms with Gasteiger partial charge in [0.05, 0.1) is 39.1 Å². The van der Waals surface area contributed by atoms with Crippen molar-refractivity contribution in [2.45, 2.75) is 0 Å². The van der Waals surface area contributed by atoms with E-state index in [0.29, 0.717) is 5.56 Å². The molecule has 11 rings (SSSR count). The predicted octanol–water partition coefficient (Wildman–Crippen LogP) is 12.0. The van der Waals surface area contributed by atoms with Gasteiger partial charge < -0.3 is 13.6 Å². The second-order valence-electron chi connectivity index (χ2n) is 12.4. The number of furan rings is 1. The number of aromatic nitrogens is 2. The molecule has 0 fully saturated rings. The highest BCUT2D eigenvalue weighted by Gasteiger charge is 2.20. The third-order valence-corrected chi connectivity index (χ3v) is 11.1. The first-order chi connectivity index (χ1) is 23.7. The van der Waals surface area contributed by atoms with Crippen LogP contribution in [-0.2, 0) is 0 Å². The minimum atomic E-state index is 0.670. The molecule has 0 unspecified atom stereocenters. The van der Waals surface area contributed by atoms with Crippen molar-refractivity contribution < 1.29 is 4.42 Å². The first-order valence-electron chi connectivity index (χ1n) is 16.0. The van der Waals surface area contributed by atoms with E-state index in [0.717, 1.165) is 71.5 Å². The van der Waals surface area contributed by atoms with E-state index in [9.17, 15) is 5.26 Å². The van der Waals surface area contributed by atoms with E-state index < -0.39 is 0 Å². The van der Waals surface area contributed by atoms with Crippen molar-refractivity contribution in [1.82, 2.24) is 9.13 Å². The van der Waals surface area contributed by atoms with Crippen LogP contribution in [0.25, 0.3) is 97.1 Å². The molecule has 0 saturated heterocycles. The van der Waals surface area contributed by atoms with Gasteiger partial charge in [-0.15, -0.1) is 11.3 Å². The summed E-state index contributed by atoms with van der Waals surface area (Å²) >= 11 is 1.83. The normalized spacial score (nSPS) is 12.1. The lowest BCUT2D eigenvalue weighted by Crippen LogP contribution is -1.94. The number of fused-ring (bicyclic) bond motifs is 13. The van der Waals surface area contributed by atoms with Crippen molar-refractivity contribution in [3.63, 3.8) is 0 Å². The fourth-order valence-corrected chi connectivity index (χ4v) is 8.93. The highest BCUT2D eigenvalue weighted by atomic mass is 32.1. The molecule has 0 atom stereocenters. The van der Waals surface area contributed by atoms with Crippen LogP contribution < -0.4 is 0 Å². The third-order valence-electron chi connectivity index (χ3n) is 9.93. The maximum atomic E-state index is 9.61. The molecule has 0 aliphatic carbocycles. The van der Waals surface area contributed by atoms with Gasteiger partial charge in [-0.25, -0.2) is 0 Å². The van der Waals surface area contributed by atoms with Crippen LogP contribution in [0.5, 0.6) is 0 Å². The Kier molecular flexibility index (Phi) is 5.03. The van der Waals surface area contributed by atoms with Gasteiger partial charge in [0.1, 0.15) is 11.2 Å². The summed E-state index contributed by atoms with van der Waals surface area (Å²) in [7, 11) is 0. The fraction of sp³-hybridized carbons (Fsp3) is 0. The van der Waals surface area contributed by atoms with Gasteiger partial charge in [-0.05, 0) is 84.9 Å². The Morgan fingerprint density at radius 1 is 0.479 bits per heavy atom. The Bertz CT molecular complexity index is 3200. The molecule has 0 N–H and O–H groups in total. The zero-order valence-electron chi connectivity index (χ0n) is 25.4. The lowest BCUT2D eigenvalue weighted by atomic mass is 10.1. The maximum absolute atomic E-state index is 9.61. The minimum absolute atomic E-state index is 0.670. The SMILES string of the molecule is N#Cc1ccc2c(c1)c1ccccc1n2-c1ccc2sc3ccc(-n4c5ccccc5c5c6oc7ccccc7c6ccc54)cc3c2c1. The number of nitrogens with zero attached hydrogens (tertiary/aromatic N) is 3. The zero-order valence-corrected chi connectivity index (χ0v) is 26.3. The Morgan fingerprint density at radius 2 is 1.08 bits per heavy atom. The molecule has 0 radical (unpaired) electrons. The standard InChI is InChI=1S/C43H23N3OS/c44-24-25-13-17-37-32(21-25)28-7-1-4-10-35(28)45(37)26-14-19-40-33(22-26)34-23-27(15-20-41(34)48-40)46-36-11-5-2-9-31(36)42-38(46)18-16-30-29-8-3-6-12-39(29)47-43(30)42/h1-23H. The summed E-state index contributed by atoms with van der Waals surface area (Å²) in [5.74, 6) is 0. The van der Waals surface area contributed by atoms with Gasteiger partial charge >= 0.3 is 0 Å². The first-order valence-corrected chi connectivity index (χ1v) is 16.8. The van der Waals surface area contributed by atoms with E-state index >= 15 is 0 Å². The first kappa shape index (κ1) is 25.8. The van der Waals surface area contributed by atoms with Crippen molar-refractivity contribution in [3.8, 4) is 17.4 Å². The zero-order chi connectivity index (χ0) is 31.5. The van der Waals surface area contributed by atoms with E-state index in [-0.39, 0.29) is 0 Å². The lowest BCUT2D eigenvalue weighted by Gasteiger charge is -2.09. The molecule has 0 saturated carbocycles. The van der Waals surface area contributed by atoms with Gasteiger partial charge in [0.2, 0.25) is 0 Å². The van der Waals surface area contributed by atoms with Crippen LogP contribution in [-0.4, -0.2) is 9.13 Å². The summed E-state index contributed by atoms with van der Waals surface area (Å²) in [6, 6.07) is 51.8. The summed E-state index contributed by atoms with van der Waals surface area (Å²) in [6.45, 7) is 0. The number of thiophene rings is 1. The number of rotatable bonds is 2. The van der Waals surface area contributed by atoms with Gasteiger partial charge in [0, 0.05) is 58.5 Å². The van der Waals surface area contributed by atoms with Gasteiger partial charge in [0.15, 0.2) is 0 Å². The molecule has 4 heterocycles. The Balaban J connectivity index is 1.17. The molecule has 4 nitrogen and oxygen atoms in total. The molecule has 0 amide bonds. The molecule has 0 bridgehead atoms. The number of benzene rings is 7. The fourth-order valence-electron chi connectivity index (χ4n) is 7.87. The average Bonchev–Trinajstić information content (AvgIpc) is 3.88. The summed E-state index contributed by atoms with van der Waals surface area (Å²) in [5.41, 5.74) is 9.25. The van der Waals surface area contributed by atoms with E-state index in [2.05, 4.69) is 130 Å². The smallest absolute Gasteiger partial charge is 0.145 e. The predicted molar refractivity (Wildman–Crippen MR) is 200 cm³/mol. The van der Waals surface area contributed by atoms with Crippen molar-refractivity contribution >= 4 is 97.1 Å². The van der Waals surface area contributed by atoms with Crippen LogP contribution in [0, 0.1) is 11.3 Å². The summed E-state index contributed by atoms with van der Waals surface area (Å²) < 4.78 is 13.7. The van der Waals surface area contributed by atoms with Crippen LogP contribution in [0.2, 0.25) is 0 Å². The Hall–Kier alpha value is -6.35. The van der Waals surface area contributed by atoms with Crippen LogP contribution in [0.1, 0.15) is 5.56 Å². The van der Waals surface area contributed by atoms with Gasteiger partial charge in [-0.1, -0.05) is 54.6 Å². The Morgan fingerprint density at radius 3 is 1.83 bits per heavy atom. The number of hydrogen-bond donors (Lipinski definition) is 0. The molecule has 0 aliphatic heterocycles. The molecule has 48 heavy (non-hydrogen) atoms. The van der Waals surface area contributed by atoms with Crippen LogP contribution in [0.3, 0.4) is 0 Å². The van der Waals surface area contributed by atoms with Gasteiger partial charge in [-0.3, -0.25) is 0 Å². The molecule has 0 aliphatic rings. The molecular weight excluding hydrogens is 607 g/mol. The largest absolute Gasteiger partial charge is 0.455 e. The van der Waals surface area contributed by atoms with Crippen LogP contribution in [0.4, 0.5) is 0 Å². The van der Waals surface area contributed by atoms with E-state index in [1.54, 1.807) is 0 Å². The van der Waals surface area contributed by atoms with Crippen molar-refractivity contribution in [1.29, 1.82) is 5.26 Å². The molecule has 11 aromatic rings. The molecule has 7 aromatic carbocycles. The van der Waals surface area contributed by atoms with Gasteiger partial charge in [-0.2, -0.15) is 5.26 Å². The number of hydrogen-bond acceptors (Lipinski definition) is 3.